The maximum absolute atomic E-state index is 13.2. The Balaban J connectivity index is 1.72. The van der Waals surface area contributed by atoms with Gasteiger partial charge in [0.05, 0.1) is 11.6 Å². The van der Waals surface area contributed by atoms with Gasteiger partial charge in [-0.2, -0.15) is 5.10 Å². The van der Waals surface area contributed by atoms with Gasteiger partial charge in [0.25, 0.3) is 5.91 Å². The number of carbonyl (C=O) groups excluding carboxylic acids is 2. The van der Waals surface area contributed by atoms with E-state index in [9.17, 15) is 9.59 Å². The standard InChI is InChI=1S/C24H31ClN4O4/c1-24(2,3)11-9-19(23(32)26-21-10-13-28(27-21)12-6-14-30)29-16-17(15-22(29)31)33-20-8-5-4-7-18(20)25/h4-5,7-8,10,13,15,19,30H,6,9,11-12,14,16H2,1-3H3,(H,26,27,32). The summed E-state index contributed by atoms with van der Waals surface area (Å²) in [6, 6.07) is 8.07. The topological polar surface area (TPSA) is 96.7 Å². The second-order valence-corrected chi connectivity index (χ2v) is 9.66. The van der Waals surface area contributed by atoms with Gasteiger partial charge < -0.3 is 20.1 Å². The van der Waals surface area contributed by atoms with Gasteiger partial charge in [0, 0.05) is 31.5 Å². The predicted octanol–water partition coefficient (Wildman–Crippen LogP) is 3.86. The van der Waals surface area contributed by atoms with Gasteiger partial charge in [0.1, 0.15) is 17.6 Å². The van der Waals surface area contributed by atoms with Crippen molar-refractivity contribution in [1.29, 1.82) is 0 Å². The molecule has 0 saturated heterocycles. The molecule has 0 radical (unpaired) electrons. The Morgan fingerprint density at radius 3 is 2.76 bits per heavy atom. The van der Waals surface area contributed by atoms with Crippen LogP contribution in [0.5, 0.6) is 5.75 Å². The second kappa shape index (κ2) is 10.9. The Bertz CT molecular complexity index is 1010. The highest BCUT2D eigenvalue weighted by atomic mass is 35.5. The summed E-state index contributed by atoms with van der Waals surface area (Å²) in [7, 11) is 0. The van der Waals surface area contributed by atoms with E-state index in [1.165, 1.54) is 11.0 Å². The third-order valence-corrected chi connectivity index (χ3v) is 5.57. The number of aliphatic hydroxyl groups excluding tert-OH is 1. The van der Waals surface area contributed by atoms with Crippen molar-refractivity contribution in [3.8, 4) is 5.75 Å². The fourth-order valence-electron chi connectivity index (χ4n) is 3.50. The van der Waals surface area contributed by atoms with Crippen LogP contribution in [0.15, 0.2) is 48.4 Å². The number of aryl methyl sites for hydroxylation is 1. The fraction of sp³-hybridized carbons (Fsp3) is 0.458. The molecule has 1 aromatic heterocycles. The molecule has 8 nitrogen and oxygen atoms in total. The number of para-hydroxylation sites is 1. The number of hydrogen-bond donors (Lipinski definition) is 2. The molecule has 1 atom stereocenters. The molecule has 0 fully saturated rings. The molecule has 33 heavy (non-hydrogen) atoms. The first-order valence-electron chi connectivity index (χ1n) is 11.0. The summed E-state index contributed by atoms with van der Waals surface area (Å²) in [5.74, 6) is 0.733. The summed E-state index contributed by atoms with van der Waals surface area (Å²) in [4.78, 5) is 27.6. The molecule has 2 heterocycles. The van der Waals surface area contributed by atoms with Gasteiger partial charge in [-0.15, -0.1) is 0 Å². The lowest BCUT2D eigenvalue weighted by Gasteiger charge is -2.29. The van der Waals surface area contributed by atoms with Crippen molar-refractivity contribution in [3.05, 3.63) is 53.4 Å². The molecular formula is C24H31ClN4O4. The van der Waals surface area contributed by atoms with Crippen molar-refractivity contribution in [2.24, 2.45) is 5.41 Å². The number of nitrogens with zero attached hydrogens (tertiary/aromatic N) is 3. The van der Waals surface area contributed by atoms with Crippen LogP contribution in [0.2, 0.25) is 5.02 Å². The van der Waals surface area contributed by atoms with E-state index in [1.54, 1.807) is 41.2 Å². The van der Waals surface area contributed by atoms with Crippen LogP contribution in [0.1, 0.15) is 40.0 Å². The molecule has 178 valence electrons. The fourth-order valence-corrected chi connectivity index (χ4v) is 3.67. The van der Waals surface area contributed by atoms with Gasteiger partial charge in [0.15, 0.2) is 5.82 Å². The molecule has 2 amide bonds. The molecule has 0 saturated carbocycles. The summed E-state index contributed by atoms with van der Waals surface area (Å²) < 4.78 is 7.50. The molecule has 1 aliphatic heterocycles. The van der Waals surface area contributed by atoms with Gasteiger partial charge >= 0.3 is 0 Å². The van der Waals surface area contributed by atoms with Gasteiger partial charge in [-0.1, -0.05) is 44.5 Å². The molecule has 2 aromatic rings. The Morgan fingerprint density at radius 2 is 2.06 bits per heavy atom. The van der Waals surface area contributed by atoms with E-state index < -0.39 is 6.04 Å². The van der Waals surface area contributed by atoms with Crippen LogP contribution in [-0.2, 0) is 16.1 Å². The minimum atomic E-state index is -0.678. The smallest absolute Gasteiger partial charge is 0.251 e. The number of anilines is 1. The van der Waals surface area contributed by atoms with Crippen molar-refractivity contribution in [2.75, 3.05) is 18.5 Å². The average molecular weight is 475 g/mol. The SMILES string of the molecule is CC(C)(C)CCC(C(=O)Nc1ccn(CCCO)n1)N1CC(Oc2ccccc2Cl)=CC1=O. The number of amides is 2. The number of nitrogens with one attached hydrogen (secondary N) is 1. The zero-order valence-corrected chi connectivity index (χ0v) is 20.0. The summed E-state index contributed by atoms with van der Waals surface area (Å²) in [5, 5.41) is 16.6. The van der Waals surface area contributed by atoms with Crippen LogP contribution in [0, 0.1) is 5.41 Å². The highest BCUT2D eigenvalue weighted by Crippen LogP contribution is 2.29. The number of hydrogen-bond acceptors (Lipinski definition) is 5. The second-order valence-electron chi connectivity index (χ2n) is 9.25. The Morgan fingerprint density at radius 1 is 1.30 bits per heavy atom. The van der Waals surface area contributed by atoms with Crippen molar-refractivity contribution in [2.45, 2.75) is 52.6 Å². The van der Waals surface area contributed by atoms with E-state index in [0.29, 0.717) is 41.7 Å². The number of ether oxygens (including phenoxy) is 1. The van der Waals surface area contributed by atoms with Crippen LogP contribution in [0.4, 0.5) is 5.82 Å². The van der Waals surface area contributed by atoms with Crippen LogP contribution in [0.25, 0.3) is 0 Å². The zero-order valence-electron chi connectivity index (χ0n) is 19.3. The average Bonchev–Trinajstić information content (AvgIpc) is 3.34. The number of halogens is 1. The molecule has 9 heteroatoms. The molecule has 1 aliphatic rings. The number of rotatable bonds is 10. The molecule has 2 N–H and O–H groups in total. The number of aliphatic hydroxyl groups is 1. The lowest BCUT2D eigenvalue weighted by Crippen LogP contribution is -2.46. The first-order valence-corrected chi connectivity index (χ1v) is 11.4. The number of benzene rings is 1. The Kier molecular flexibility index (Phi) is 8.15. The zero-order chi connectivity index (χ0) is 24.0. The molecule has 0 aliphatic carbocycles. The van der Waals surface area contributed by atoms with E-state index in [4.69, 9.17) is 21.4 Å². The van der Waals surface area contributed by atoms with Crippen molar-refractivity contribution >= 4 is 29.2 Å². The van der Waals surface area contributed by atoms with Crippen LogP contribution in [-0.4, -0.2) is 50.8 Å². The van der Waals surface area contributed by atoms with Crippen LogP contribution < -0.4 is 10.1 Å². The molecule has 0 spiro atoms. The molecule has 3 rings (SSSR count). The summed E-state index contributed by atoms with van der Waals surface area (Å²) in [6.07, 6.45) is 4.98. The first-order chi connectivity index (χ1) is 15.7. The Hall–Kier alpha value is -2.84. The largest absolute Gasteiger partial charge is 0.458 e. The lowest BCUT2D eigenvalue weighted by molar-refractivity contribution is -0.133. The summed E-state index contributed by atoms with van der Waals surface area (Å²) in [5.41, 5.74) is -0.00248. The molecule has 1 aromatic carbocycles. The number of carbonyl (C=O) groups is 2. The van der Waals surface area contributed by atoms with E-state index in [0.717, 1.165) is 6.42 Å². The van der Waals surface area contributed by atoms with Crippen molar-refractivity contribution in [1.82, 2.24) is 14.7 Å². The quantitative estimate of drug-likeness (QED) is 0.545. The molecular weight excluding hydrogens is 444 g/mol. The van der Waals surface area contributed by atoms with Crippen molar-refractivity contribution in [3.63, 3.8) is 0 Å². The Labute approximate surface area is 199 Å². The molecule has 0 bridgehead atoms. The maximum atomic E-state index is 13.2. The number of aromatic nitrogens is 2. The maximum Gasteiger partial charge on any atom is 0.251 e. The highest BCUT2D eigenvalue weighted by molar-refractivity contribution is 6.32. The lowest BCUT2D eigenvalue weighted by atomic mass is 9.88. The minimum Gasteiger partial charge on any atom is -0.458 e. The monoisotopic (exact) mass is 474 g/mol. The van der Waals surface area contributed by atoms with Gasteiger partial charge in [-0.05, 0) is 36.8 Å². The summed E-state index contributed by atoms with van der Waals surface area (Å²) in [6.45, 7) is 7.09. The van der Waals surface area contributed by atoms with E-state index in [2.05, 4.69) is 31.2 Å². The van der Waals surface area contributed by atoms with Crippen LogP contribution >= 0.6 is 11.6 Å². The van der Waals surface area contributed by atoms with Gasteiger partial charge in [0.2, 0.25) is 5.91 Å². The van der Waals surface area contributed by atoms with Crippen molar-refractivity contribution < 1.29 is 19.4 Å². The van der Waals surface area contributed by atoms with Gasteiger partial charge in [-0.25, -0.2) is 0 Å². The highest BCUT2D eigenvalue weighted by Gasteiger charge is 2.35. The minimum absolute atomic E-state index is 0.00248. The van der Waals surface area contributed by atoms with Crippen LogP contribution in [0.3, 0.4) is 0 Å². The normalized spacial score (nSPS) is 14.9. The van der Waals surface area contributed by atoms with E-state index in [-0.39, 0.29) is 30.4 Å². The summed E-state index contributed by atoms with van der Waals surface area (Å²) >= 11 is 6.17. The third-order valence-electron chi connectivity index (χ3n) is 5.26. The molecule has 1 unspecified atom stereocenters. The van der Waals surface area contributed by atoms with E-state index >= 15 is 0 Å². The first kappa shape index (κ1) is 24.8. The third kappa shape index (κ3) is 7.07. The predicted molar refractivity (Wildman–Crippen MR) is 127 cm³/mol. The van der Waals surface area contributed by atoms with E-state index in [1.807, 2.05) is 0 Å². The van der Waals surface area contributed by atoms with Gasteiger partial charge in [-0.3, -0.25) is 14.3 Å².